The van der Waals surface area contributed by atoms with Crippen molar-refractivity contribution in [2.45, 2.75) is 13.8 Å². The number of aryl methyl sites for hydroxylation is 2. The number of nitrogens with zero attached hydrogens (tertiary/aromatic N) is 1. The van der Waals surface area contributed by atoms with Crippen LogP contribution in [0, 0.1) is 13.8 Å². The fourth-order valence-corrected chi connectivity index (χ4v) is 3.61. The number of fused-ring (bicyclic) bond motifs is 1. The molecule has 33 heavy (non-hydrogen) atoms. The lowest BCUT2D eigenvalue weighted by Gasteiger charge is -2.13. The van der Waals surface area contributed by atoms with E-state index >= 15 is 0 Å². The number of methoxy groups -OCH3 is 2. The molecule has 2 amide bonds. The Bertz CT molecular complexity index is 1360. The van der Waals surface area contributed by atoms with E-state index in [0.717, 1.165) is 5.56 Å². The topological polar surface area (TPSA) is 103 Å². The molecule has 2 heterocycles. The molecule has 0 bridgehead atoms. The molecule has 0 saturated carbocycles. The zero-order valence-corrected chi connectivity index (χ0v) is 18.7. The molecule has 0 fully saturated rings. The molecular weight excluding hydrogens is 422 g/mol. The van der Waals surface area contributed by atoms with Gasteiger partial charge in [-0.25, -0.2) is 4.98 Å². The van der Waals surface area contributed by atoms with Gasteiger partial charge in [0, 0.05) is 10.9 Å². The fraction of sp³-hybridized carbons (Fsp3) is 0.160. The molecule has 0 aliphatic carbocycles. The van der Waals surface area contributed by atoms with Gasteiger partial charge in [-0.1, -0.05) is 18.2 Å². The third kappa shape index (κ3) is 4.36. The molecule has 0 aliphatic heterocycles. The number of benzene rings is 2. The van der Waals surface area contributed by atoms with Crippen LogP contribution in [0.1, 0.15) is 32.2 Å². The number of carbonyl (C=O) groups is 2. The highest BCUT2D eigenvalue weighted by Gasteiger charge is 2.18. The Hall–Kier alpha value is -4.33. The Morgan fingerprint density at radius 2 is 1.55 bits per heavy atom. The van der Waals surface area contributed by atoms with Gasteiger partial charge in [0.25, 0.3) is 11.8 Å². The number of ether oxygens (including phenoxy) is 2. The molecule has 0 unspecified atom stereocenters. The Morgan fingerprint density at radius 1 is 0.848 bits per heavy atom. The molecule has 2 aromatic heterocycles. The lowest BCUT2D eigenvalue weighted by atomic mass is 10.0. The van der Waals surface area contributed by atoms with Crippen LogP contribution in [0.15, 0.2) is 59.0 Å². The zero-order valence-electron chi connectivity index (χ0n) is 18.7. The SMILES string of the molecule is COc1ccc(-c2cc(C(=O)NNC(=O)c3cc(C)oc3C)c3ccccc3n2)cc1OC. The van der Waals surface area contributed by atoms with Gasteiger partial charge in [-0.15, -0.1) is 0 Å². The van der Waals surface area contributed by atoms with E-state index in [2.05, 4.69) is 10.9 Å². The smallest absolute Gasteiger partial charge is 0.273 e. The number of amides is 2. The van der Waals surface area contributed by atoms with Crippen LogP contribution in [-0.2, 0) is 0 Å². The zero-order chi connectivity index (χ0) is 23.5. The van der Waals surface area contributed by atoms with E-state index in [9.17, 15) is 9.59 Å². The van der Waals surface area contributed by atoms with E-state index in [1.165, 1.54) is 0 Å². The lowest BCUT2D eigenvalue weighted by Crippen LogP contribution is -2.41. The number of hydrogen-bond donors (Lipinski definition) is 2. The van der Waals surface area contributed by atoms with Gasteiger partial charge in [0.1, 0.15) is 11.5 Å². The van der Waals surface area contributed by atoms with Gasteiger partial charge in [-0.3, -0.25) is 20.4 Å². The molecule has 4 aromatic rings. The standard InChI is InChI=1S/C25H23N3O5/c1-14-11-18(15(2)33-14)24(29)27-28-25(30)19-13-21(26-20-8-6-5-7-17(19)20)16-9-10-22(31-3)23(12-16)32-4/h5-13H,1-4H3,(H,27,29)(H,28,30). The van der Waals surface area contributed by atoms with E-state index < -0.39 is 11.8 Å². The summed E-state index contributed by atoms with van der Waals surface area (Å²) in [6.07, 6.45) is 0. The maximum Gasteiger partial charge on any atom is 0.273 e. The highest BCUT2D eigenvalue weighted by Crippen LogP contribution is 2.33. The second-order valence-corrected chi connectivity index (χ2v) is 7.38. The predicted molar refractivity (Wildman–Crippen MR) is 123 cm³/mol. The number of para-hydroxylation sites is 1. The van der Waals surface area contributed by atoms with Crippen molar-refractivity contribution in [1.29, 1.82) is 0 Å². The molecule has 2 N–H and O–H groups in total. The normalized spacial score (nSPS) is 10.7. The monoisotopic (exact) mass is 445 g/mol. The van der Waals surface area contributed by atoms with Crippen LogP contribution in [0.5, 0.6) is 11.5 Å². The van der Waals surface area contributed by atoms with Crippen LogP contribution < -0.4 is 20.3 Å². The molecular formula is C25H23N3O5. The number of aromatic nitrogens is 1. The Balaban J connectivity index is 1.67. The number of hydrogen-bond acceptors (Lipinski definition) is 6. The Labute approximate surface area is 190 Å². The molecule has 8 heteroatoms. The number of rotatable bonds is 5. The van der Waals surface area contributed by atoms with Crippen molar-refractivity contribution in [3.8, 4) is 22.8 Å². The minimum Gasteiger partial charge on any atom is -0.493 e. The van der Waals surface area contributed by atoms with Crippen LogP contribution >= 0.6 is 0 Å². The quantitative estimate of drug-likeness (QED) is 0.446. The van der Waals surface area contributed by atoms with Crippen LogP contribution in [-0.4, -0.2) is 31.0 Å². The summed E-state index contributed by atoms with van der Waals surface area (Å²) in [5.74, 6) is 1.30. The molecule has 0 aliphatic rings. The van der Waals surface area contributed by atoms with Crippen molar-refractivity contribution in [3.63, 3.8) is 0 Å². The first-order valence-corrected chi connectivity index (χ1v) is 10.2. The summed E-state index contributed by atoms with van der Waals surface area (Å²) >= 11 is 0. The Kier molecular flexibility index (Phi) is 5.99. The van der Waals surface area contributed by atoms with Gasteiger partial charge in [0.15, 0.2) is 11.5 Å². The van der Waals surface area contributed by atoms with Crippen molar-refractivity contribution >= 4 is 22.7 Å². The van der Waals surface area contributed by atoms with Crippen LogP contribution in [0.2, 0.25) is 0 Å². The first-order chi connectivity index (χ1) is 15.9. The third-order valence-corrected chi connectivity index (χ3v) is 5.22. The number of pyridine rings is 1. The van der Waals surface area contributed by atoms with Gasteiger partial charge in [0.2, 0.25) is 0 Å². The van der Waals surface area contributed by atoms with Crippen LogP contribution in [0.4, 0.5) is 0 Å². The lowest BCUT2D eigenvalue weighted by molar-refractivity contribution is 0.0846. The largest absolute Gasteiger partial charge is 0.493 e. The summed E-state index contributed by atoms with van der Waals surface area (Å²) in [6, 6.07) is 16.0. The van der Waals surface area contributed by atoms with E-state index in [4.69, 9.17) is 18.9 Å². The summed E-state index contributed by atoms with van der Waals surface area (Å²) in [5, 5.41) is 0.656. The summed E-state index contributed by atoms with van der Waals surface area (Å²) in [5.41, 5.74) is 7.64. The molecule has 0 saturated heterocycles. The number of furan rings is 1. The number of nitrogens with one attached hydrogen (secondary N) is 2. The average molecular weight is 445 g/mol. The summed E-state index contributed by atoms with van der Waals surface area (Å²) in [4.78, 5) is 30.2. The minimum atomic E-state index is -0.471. The fourth-order valence-electron chi connectivity index (χ4n) is 3.61. The summed E-state index contributed by atoms with van der Waals surface area (Å²) in [6.45, 7) is 3.44. The molecule has 0 atom stereocenters. The van der Waals surface area contributed by atoms with Gasteiger partial charge in [0.05, 0.1) is 36.6 Å². The van der Waals surface area contributed by atoms with E-state index in [-0.39, 0.29) is 0 Å². The second-order valence-electron chi connectivity index (χ2n) is 7.38. The van der Waals surface area contributed by atoms with E-state index in [1.807, 2.05) is 24.3 Å². The first kappa shape index (κ1) is 21.9. The minimum absolute atomic E-state index is 0.360. The van der Waals surface area contributed by atoms with Crippen molar-refractivity contribution in [1.82, 2.24) is 15.8 Å². The average Bonchev–Trinajstić information content (AvgIpc) is 3.18. The van der Waals surface area contributed by atoms with E-state index in [0.29, 0.717) is 50.7 Å². The molecule has 8 nitrogen and oxygen atoms in total. The Morgan fingerprint density at radius 3 is 2.21 bits per heavy atom. The number of hydrazine groups is 1. The maximum atomic E-state index is 13.1. The second kappa shape index (κ2) is 9.04. The van der Waals surface area contributed by atoms with Gasteiger partial charge >= 0.3 is 0 Å². The maximum absolute atomic E-state index is 13.1. The highest BCUT2D eigenvalue weighted by molar-refractivity contribution is 6.08. The van der Waals surface area contributed by atoms with Crippen LogP contribution in [0.25, 0.3) is 22.2 Å². The van der Waals surface area contributed by atoms with Crippen molar-refractivity contribution in [2.75, 3.05) is 14.2 Å². The van der Waals surface area contributed by atoms with Gasteiger partial charge in [-0.05, 0) is 50.2 Å². The predicted octanol–water partition coefficient (Wildman–Crippen LogP) is 4.20. The third-order valence-electron chi connectivity index (χ3n) is 5.22. The molecule has 2 aromatic carbocycles. The molecule has 0 spiro atoms. The van der Waals surface area contributed by atoms with E-state index in [1.54, 1.807) is 58.4 Å². The van der Waals surface area contributed by atoms with Crippen molar-refractivity contribution in [3.05, 3.63) is 77.2 Å². The highest BCUT2D eigenvalue weighted by atomic mass is 16.5. The molecule has 4 rings (SSSR count). The summed E-state index contributed by atoms with van der Waals surface area (Å²) in [7, 11) is 3.12. The molecule has 168 valence electrons. The number of carbonyl (C=O) groups excluding carboxylic acids is 2. The van der Waals surface area contributed by atoms with Gasteiger partial charge < -0.3 is 13.9 Å². The summed E-state index contributed by atoms with van der Waals surface area (Å²) < 4.78 is 16.1. The van der Waals surface area contributed by atoms with Crippen molar-refractivity contribution in [2.24, 2.45) is 0 Å². The van der Waals surface area contributed by atoms with Crippen LogP contribution in [0.3, 0.4) is 0 Å². The van der Waals surface area contributed by atoms with Crippen molar-refractivity contribution < 1.29 is 23.5 Å². The molecule has 0 radical (unpaired) electrons. The first-order valence-electron chi connectivity index (χ1n) is 10.2. The van der Waals surface area contributed by atoms with Gasteiger partial charge in [-0.2, -0.15) is 0 Å².